The van der Waals surface area contributed by atoms with Gasteiger partial charge in [-0.05, 0) is 25.1 Å². The molecule has 2 aromatic rings. The van der Waals surface area contributed by atoms with Crippen LogP contribution >= 0.6 is 11.6 Å². The zero-order valence-electron chi connectivity index (χ0n) is 12.6. The van der Waals surface area contributed by atoms with Crippen LogP contribution < -0.4 is 15.4 Å². The van der Waals surface area contributed by atoms with E-state index in [1.165, 1.54) is 6.92 Å². The van der Waals surface area contributed by atoms with Gasteiger partial charge in [0.15, 0.2) is 0 Å². The van der Waals surface area contributed by atoms with Gasteiger partial charge in [-0.1, -0.05) is 11.6 Å². The number of hydrogen-bond acceptors (Lipinski definition) is 4. The molecule has 1 unspecified atom stereocenters. The van der Waals surface area contributed by atoms with Crippen LogP contribution in [0.1, 0.15) is 12.5 Å². The number of hydrogen-bond donors (Lipinski definition) is 2. The minimum atomic E-state index is -1.65. The van der Waals surface area contributed by atoms with Crippen LogP contribution in [-0.4, -0.2) is 27.2 Å². The van der Waals surface area contributed by atoms with Crippen molar-refractivity contribution in [1.82, 2.24) is 15.1 Å². The third kappa shape index (κ3) is 2.87. The van der Waals surface area contributed by atoms with Crippen molar-refractivity contribution in [2.75, 3.05) is 5.32 Å². The average molecular weight is 335 g/mol. The van der Waals surface area contributed by atoms with Gasteiger partial charge < -0.3 is 15.4 Å². The Bertz CT molecular complexity index is 789. The summed E-state index contributed by atoms with van der Waals surface area (Å²) in [6.45, 7) is 1.69. The maximum absolute atomic E-state index is 12.4. The summed E-state index contributed by atoms with van der Waals surface area (Å²) in [5, 5.41) is 9.83. The van der Waals surface area contributed by atoms with Gasteiger partial charge in [-0.25, -0.2) is 0 Å². The number of nitrogens with one attached hydrogen (secondary N) is 2. The highest BCUT2D eigenvalue weighted by Crippen LogP contribution is 2.35. The number of carbonyl (C=O) groups excluding carboxylic acids is 2. The Kier molecular flexibility index (Phi) is 3.73. The number of benzene rings is 1. The van der Waals surface area contributed by atoms with Crippen molar-refractivity contribution in [1.29, 1.82) is 0 Å². The van der Waals surface area contributed by atoms with Crippen LogP contribution in [0, 0.1) is 0 Å². The summed E-state index contributed by atoms with van der Waals surface area (Å²) in [6, 6.07) is 4.82. The van der Waals surface area contributed by atoms with Crippen molar-refractivity contribution in [3.63, 3.8) is 0 Å². The van der Waals surface area contributed by atoms with Gasteiger partial charge in [-0.3, -0.25) is 14.3 Å². The number of carbonyl (C=O) groups is 2. The van der Waals surface area contributed by atoms with Crippen LogP contribution in [0.3, 0.4) is 0 Å². The normalized spacial score (nSPS) is 19.5. The number of halogens is 1. The van der Waals surface area contributed by atoms with E-state index in [9.17, 15) is 9.59 Å². The quantitative estimate of drug-likeness (QED) is 0.833. The zero-order chi connectivity index (χ0) is 16.6. The second kappa shape index (κ2) is 5.58. The fraction of sp³-hybridized carbons (Fsp3) is 0.267. The van der Waals surface area contributed by atoms with Crippen molar-refractivity contribution in [3.8, 4) is 5.75 Å². The Labute approximate surface area is 137 Å². The van der Waals surface area contributed by atoms with Crippen LogP contribution in [0.4, 0.5) is 5.69 Å². The van der Waals surface area contributed by atoms with E-state index in [1.807, 2.05) is 0 Å². The molecule has 1 aliphatic heterocycles. The number of aromatic nitrogens is 2. The summed E-state index contributed by atoms with van der Waals surface area (Å²) in [7, 11) is 1.78. The van der Waals surface area contributed by atoms with E-state index in [-0.39, 0.29) is 6.54 Å². The Hall–Kier alpha value is -2.54. The average Bonchev–Trinajstić information content (AvgIpc) is 2.92. The maximum Gasteiger partial charge on any atom is 0.278 e. The molecule has 120 valence electrons. The van der Waals surface area contributed by atoms with Crippen LogP contribution in [0.15, 0.2) is 30.6 Å². The molecule has 0 radical (unpaired) electrons. The lowest BCUT2D eigenvalue weighted by molar-refractivity contribution is -0.146. The highest BCUT2D eigenvalue weighted by Gasteiger charge is 2.47. The third-order valence-corrected chi connectivity index (χ3v) is 3.82. The molecule has 3 rings (SSSR count). The predicted octanol–water partition coefficient (Wildman–Crippen LogP) is 1.48. The molecular formula is C15H15ClN4O3. The van der Waals surface area contributed by atoms with Crippen LogP contribution in [-0.2, 0) is 23.2 Å². The van der Waals surface area contributed by atoms with Gasteiger partial charge in [0.05, 0.1) is 11.9 Å². The fourth-order valence-corrected chi connectivity index (χ4v) is 2.43. The van der Waals surface area contributed by atoms with Crippen molar-refractivity contribution in [2.24, 2.45) is 7.05 Å². The molecule has 7 nitrogen and oxygen atoms in total. The highest BCUT2D eigenvalue weighted by molar-refractivity contribution is 6.31. The molecule has 0 saturated heterocycles. The van der Waals surface area contributed by atoms with Gasteiger partial charge in [0.1, 0.15) is 5.75 Å². The number of ether oxygens (including phenoxy) is 1. The van der Waals surface area contributed by atoms with Crippen molar-refractivity contribution in [2.45, 2.75) is 19.1 Å². The maximum atomic E-state index is 12.4. The number of anilines is 1. The molecule has 23 heavy (non-hydrogen) atoms. The minimum Gasteiger partial charge on any atom is -0.466 e. The Morgan fingerprint density at radius 1 is 1.52 bits per heavy atom. The molecule has 2 amide bonds. The first-order chi connectivity index (χ1) is 10.9. The topological polar surface area (TPSA) is 85.3 Å². The Balaban J connectivity index is 1.76. The molecule has 8 heteroatoms. The summed E-state index contributed by atoms with van der Waals surface area (Å²) >= 11 is 5.88. The molecule has 0 saturated carbocycles. The van der Waals surface area contributed by atoms with Gasteiger partial charge in [0.2, 0.25) is 0 Å². The summed E-state index contributed by atoms with van der Waals surface area (Å²) in [5.41, 5.74) is -0.379. The second-order valence-corrected chi connectivity index (χ2v) is 5.87. The lowest BCUT2D eigenvalue weighted by Gasteiger charge is -2.33. The number of fused-ring (bicyclic) bond motifs is 1. The van der Waals surface area contributed by atoms with Crippen molar-refractivity contribution >= 4 is 29.1 Å². The lowest BCUT2D eigenvalue weighted by atomic mass is 10.0. The third-order valence-electron chi connectivity index (χ3n) is 3.58. The standard InChI is InChI=1S/C15H15ClN4O3/c1-15(13(21)17-6-9-7-18-20(2)8-9)14(22)19-11-5-10(16)3-4-12(11)23-15/h3-5,7-8H,6H2,1-2H3,(H,17,21)(H,19,22). The SMILES string of the molecule is Cn1cc(CNC(=O)C2(C)Oc3ccc(Cl)cc3NC2=O)cn1. The van der Waals surface area contributed by atoms with E-state index >= 15 is 0 Å². The van der Waals surface area contributed by atoms with E-state index in [0.717, 1.165) is 5.56 Å². The molecule has 0 bridgehead atoms. The van der Waals surface area contributed by atoms with Crippen LogP contribution in [0.5, 0.6) is 5.75 Å². The Morgan fingerprint density at radius 2 is 2.30 bits per heavy atom. The predicted molar refractivity (Wildman–Crippen MR) is 84.2 cm³/mol. The summed E-state index contributed by atoms with van der Waals surface area (Å²) in [5.74, 6) is -0.677. The van der Waals surface area contributed by atoms with Gasteiger partial charge in [-0.2, -0.15) is 5.10 Å². The number of rotatable bonds is 3. The molecule has 0 aliphatic carbocycles. The van der Waals surface area contributed by atoms with E-state index < -0.39 is 17.4 Å². The van der Waals surface area contributed by atoms with E-state index in [1.54, 1.807) is 42.3 Å². The van der Waals surface area contributed by atoms with Gasteiger partial charge in [0.25, 0.3) is 17.4 Å². The highest BCUT2D eigenvalue weighted by atomic mass is 35.5. The largest absolute Gasteiger partial charge is 0.466 e. The van der Waals surface area contributed by atoms with E-state index in [0.29, 0.717) is 16.5 Å². The summed E-state index contributed by atoms with van der Waals surface area (Å²) < 4.78 is 7.27. The smallest absolute Gasteiger partial charge is 0.278 e. The number of aryl methyl sites for hydroxylation is 1. The Morgan fingerprint density at radius 3 is 3.00 bits per heavy atom. The van der Waals surface area contributed by atoms with E-state index in [2.05, 4.69) is 15.7 Å². The number of amides is 2. The fourth-order valence-electron chi connectivity index (χ4n) is 2.26. The summed E-state index contributed by atoms with van der Waals surface area (Å²) in [6.07, 6.45) is 3.42. The molecule has 1 aliphatic rings. The molecule has 2 N–H and O–H groups in total. The van der Waals surface area contributed by atoms with Crippen LogP contribution in [0.25, 0.3) is 0 Å². The number of nitrogens with zero attached hydrogens (tertiary/aromatic N) is 2. The molecule has 1 aromatic carbocycles. The molecule has 2 heterocycles. The first kappa shape index (κ1) is 15.4. The second-order valence-electron chi connectivity index (χ2n) is 5.43. The molecule has 0 spiro atoms. The van der Waals surface area contributed by atoms with Gasteiger partial charge >= 0.3 is 0 Å². The first-order valence-electron chi connectivity index (χ1n) is 6.94. The minimum absolute atomic E-state index is 0.256. The monoisotopic (exact) mass is 334 g/mol. The lowest BCUT2D eigenvalue weighted by Crippen LogP contribution is -2.58. The van der Waals surface area contributed by atoms with Crippen molar-refractivity contribution < 1.29 is 14.3 Å². The molecule has 1 atom stereocenters. The molecule has 0 fully saturated rings. The van der Waals surface area contributed by atoms with Crippen LogP contribution in [0.2, 0.25) is 5.02 Å². The van der Waals surface area contributed by atoms with Gasteiger partial charge in [-0.15, -0.1) is 0 Å². The summed E-state index contributed by atoms with van der Waals surface area (Å²) in [4.78, 5) is 24.7. The molecule has 1 aromatic heterocycles. The first-order valence-corrected chi connectivity index (χ1v) is 7.32. The van der Waals surface area contributed by atoms with Crippen molar-refractivity contribution in [3.05, 3.63) is 41.2 Å². The van der Waals surface area contributed by atoms with E-state index in [4.69, 9.17) is 16.3 Å². The van der Waals surface area contributed by atoms with Gasteiger partial charge in [0, 0.05) is 30.4 Å². The zero-order valence-corrected chi connectivity index (χ0v) is 13.3. The molecular weight excluding hydrogens is 320 g/mol.